The molecule has 1 aliphatic carbocycles. The normalized spacial score (nSPS) is 37.5. The minimum atomic E-state index is -0.198. The zero-order valence-corrected chi connectivity index (χ0v) is 15.5. The first kappa shape index (κ1) is 17.5. The summed E-state index contributed by atoms with van der Waals surface area (Å²) < 4.78 is 6.02. The fourth-order valence-corrected chi connectivity index (χ4v) is 5.38. The van der Waals surface area contributed by atoms with Gasteiger partial charge in [0.1, 0.15) is 0 Å². The highest BCUT2D eigenvalue weighted by molar-refractivity contribution is 5.15. The number of aliphatic hydroxyl groups excluding tert-OH is 1. The van der Waals surface area contributed by atoms with E-state index in [0.717, 1.165) is 32.7 Å². The van der Waals surface area contributed by atoms with Crippen LogP contribution in [0.3, 0.4) is 0 Å². The summed E-state index contributed by atoms with van der Waals surface area (Å²) in [4.78, 5) is 2.44. The van der Waals surface area contributed by atoms with E-state index in [9.17, 15) is 5.11 Å². The second-order valence-electron chi connectivity index (χ2n) is 8.76. The topological polar surface area (TPSA) is 44.7 Å². The van der Waals surface area contributed by atoms with Crippen LogP contribution in [0.15, 0.2) is 30.3 Å². The zero-order valence-electron chi connectivity index (χ0n) is 15.5. The molecule has 1 aromatic carbocycles. The monoisotopic (exact) mass is 344 g/mol. The van der Waals surface area contributed by atoms with E-state index in [-0.39, 0.29) is 11.5 Å². The van der Waals surface area contributed by atoms with Crippen LogP contribution in [0.25, 0.3) is 0 Å². The molecule has 0 aromatic heterocycles. The second kappa shape index (κ2) is 6.99. The molecule has 4 nitrogen and oxygen atoms in total. The Morgan fingerprint density at radius 3 is 2.88 bits per heavy atom. The molecule has 0 spiro atoms. The van der Waals surface area contributed by atoms with Crippen molar-refractivity contribution in [2.24, 2.45) is 11.3 Å². The van der Waals surface area contributed by atoms with Crippen molar-refractivity contribution in [3.8, 4) is 0 Å². The SMILES string of the molecule is CC1(C)[C@H](NC[C@@H]2C[C@H](O)CN2Cc2ccccc2)[C@@H]2CCCO[C@H]21. The fourth-order valence-electron chi connectivity index (χ4n) is 5.38. The first-order valence-electron chi connectivity index (χ1n) is 9.86. The van der Waals surface area contributed by atoms with Crippen LogP contribution in [-0.2, 0) is 11.3 Å². The number of fused-ring (bicyclic) bond motifs is 1. The van der Waals surface area contributed by atoms with Crippen LogP contribution in [0.2, 0.25) is 0 Å². The first-order chi connectivity index (χ1) is 12.1. The van der Waals surface area contributed by atoms with Crippen molar-refractivity contribution in [3.63, 3.8) is 0 Å². The molecule has 2 N–H and O–H groups in total. The third-order valence-electron chi connectivity index (χ3n) is 6.64. The first-order valence-corrected chi connectivity index (χ1v) is 9.86. The average Bonchev–Trinajstić information content (AvgIpc) is 2.95. The molecule has 0 unspecified atom stereocenters. The van der Waals surface area contributed by atoms with Crippen LogP contribution < -0.4 is 5.32 Å². The molecular weight excluding hydrogens is 312 g/mol. The number of hydrogen-bond donors (Lipinski definition) is 2. The molecule has 0 amide bonds. The Hall–Kier alpha value is -0.940. The molecule has 25 heavy (non-hydrogen) atoms. The standard InChI is InChI=1S/C21H32N2O2/c1-21(2)19(18-9-6-10-25-20(18)21)22-12-16-11-17(24)14-23(16)13-15-7-4-3-5-8-15/h3-5,7-8,16-20,22,24H,6,9-14H2,1-2H3/t16-,17-,18-,19+,20+/m0/s1. The van der Waals surface area contributed by atoms with E-state index in [2.05, 4.69) is 54.4 Å². The van der Waals surface area contributed by atoms with Gasteiger partial charge in [-0.2, -0.15) is 0 Å². The molecule has 1 saturated carbocycles. The summed E-state index contributed by atoms with van der Waals surface area (Å²) in [5.74, 6) is 0.664. The minimum Gasteiger partial charge on any atom is -0.392 e. The van der Waals surface area contributed by atoms with Gasteiger partial charge in [0.15, 0.2) is 0 Å². The lowest BCUT2D eigenvalue weighted by Crippen LogP contribution is -2.70. The van der Waals surface area contributed by atoms with Gasteiger partial charge in [0.2, 0.25) is 0 Å². The van der Waals surface area contributed by atoms with Crippen LogP contribution in [0.5, 0.6) is 0 Å². The maximum atomic E-state index is 10.2. The molecule has 5 atom stereocenters. The number of likely N-dealkylation sites (tertiary alicyclic amines) is 1. The van der Waals surface area contributed by atoms with Crippen molar-refractivity contribution in [3.05, 3.63) is 35.9 Å². The molecule has 3 aliphatic rings. The lowest BCUT2D eigenvalue weighted by Gasteiger charge is -2.60. The maximum absolute atomic E-state index is 10.2. The Morgan fingerprint density at radius 1 is 1.28 bits per heavy atom. The summed E-state index contributed by atoms with van der Waals surface area (Å²) >= 11 is 0. The van der Waals surface area contributed by atoms with Crippen molar-refractivity contribution < 1.29 is 9.84 Å². The Morgan fingerprint density at radius 2 is 2.08 bits per heavy atom. The van der Waals surface area contributed by atoms with Gasteiger partial charge in [-0.05, 0) is 24.8 Å². The number of aliphatic hydroxyl groups is 1. The van der Waals surface area contributed by atoms with Crippen LogP contribution in [0.4, 0.5) is 0 Å². The molecule has 4 rings (SSSR count). The van der Waals surface area contributed by atoms with Gasteiger partial charge in [0.25, 0.3) is 0 Å². The van der Waals surface area contributed by atoms with Gasteiger partial charge in [-0.1, -0.05) is 44.2 Å². The highest BCUT2D eigenvalue weighted by atomic mass is 16.5. The van der Waals surface area contributed by atoms with Gasteiger partial charge in [-0.15, -0.1) is 0 Å². The lowest BCUT2D eigenvalue weighted by molar-refractivity contribution is -0.192. The molecule has 2 saturated heterocycles. The van der Waals surface area contributed by atoms with Crippen molar-refractivity contribution in [1.82, 2.24) is 10.2 Å². The van der Waals surface area contributed by atoms with Gasteiger partial charge in [0, 0.05) is 49.7 Å². The number of rotatable bonds is 5. The zero-order chi connectivity index (χ0) is 17.4. The number of nitrogens with zero attached hydrogens (tertiary/aromatic N) is 1. The van der Waals surface area contributed by atoms with Crippen molar-refractivity contribution in [1.29, 1.82) is 0 Å². The third kappa shape index (κ3) is 3.37. The summed E-state index contributed by atoms with van der Waals surface area (Å²) in [5.41, 5.74) is 1.54. The highest BCUT2D eigenvalue weighted by Crippen LogP contribution is 2.51. The molecule has 0 radical (unpaired) electrons. The predicted molar refractivity (Wildman–Crippen MR) is 99.3 cm³/mol. The van der Waals surface area contributed by atoms with Gasteiger partial charge >= 0.3 is 0 Å². The fraction of sp³-hybridized carbons (Fsp3) is 0.714. The number of nitrogens with one attached hydrogen (secondary N) is 1. The largest absolute Gasteiger partial charge is 0.392 e. The Balaban J connectivity index is 1.36. The highest BCUT2D eigenvalue weighted by Gasteiger charge is 2.57. The number of benzene rings is 1. The maximum Gasteiger partial charge on any atom is 0.0684 e. The molecule has 3 fully saturated rings. The summed E-state index contributed by atoms with van der Waals surface area (Å²) in [6, 6.07) is 11.5. The number of β-amino-alcohol motifs (C(OH)–C–C–N with tert-alkyl or cyclic N) is 1. The molecule has 0 bridgehead atoms. The van der Waals surface area contributed by atoms with E-state index >= 15 is 0 Å². The van der Waals surface area contributed by atoms with E-state index in [1.54, 1.807) is 0 Å². The van der Waals surface area contributed by atoms with Crippen LogP contribution in [0, 0.1) is 11.3 Å². The molecule has 2 aliphatic heterocycles. The van der Waals surface area contributed by atoms with E-state index in [1.165, 1.54) is 18.4 Å². The van der Waals surface area contributed by atoms with E-state index < -0.39 is 0 Å². The smallest absolute Gasteiger partial charge is 0.0684 e. The quantitative estimate of drug-likeness (QED) is 0.861. The predicted octanol–water partition coefficient (Wildman–Crippen LogP) is 2.41. The molecular formula is C21H32N2O2. The van der Waals surface area contributed by atoms with Gasteiger partial charge in [-0.25, -0.2) is 0 Å². The number of hydrogen-bond acceptors (Lipinski definition) is 4. The van der Waals surface area contributed by atoms with Crippen molar-refractivity contribution in [2.75, 3.05) is 19.7 Å². The van der Waals surface area contributed by atoms with E-state index in [0.29, 0.717) is 24.1 Å². The molecule has 1 aromatic rings. The minimum absolute atomic E-state index is 0.198. The number of ether oxygens (including phenoxy) is 1. The average molecular weight is 344 g/mol. The lowest BCUT2D eigenvalue weighted by atomic mass is 9.55. The van der Waals surface area contributed by atoms with E-state index in [1.807, 2.05) is 0 Å². The van der Waals surface area contributed by atoms with Crippen LogP contribution >= 0.6 is 0 Å². The van der Waals surface area contributed by atoms with Crippen molar-refractivity contribution >= 4 is 0 Å². The second-order valence-corrected chi connectivity index (χ2v) is 8.76. The Bertz CT molecular complexity index is 577. The van der Waals surface area contributed by atoms with E-state index in [4.69, 9.17) is 4.74 Å². The van der Waals surface area contributed by atoms with Crippen molar-refractivity contribution in [2.45, 2.75) is 63.9 Å². The van der Waals surface area contributed by atoms with Gasteiger partial charge in [-0.3, -0.25) is 4.90 Å². The van der Waals surface area contributed by atoms with Crippen LogP contribution in [0.1, 0.15) is 38.7 Å². The Kier molecular flexibility index (Phi) is 4.89. The molecule has 2 heterocycles. The molecule has 4 heteroatoms. The summed E-state index contributed by atoms with van der Waals surface area (Å²) in [6.07, 6.45) is 3.58. The van der Waals surface area contributed by atoms with Gasteiger partial charge in [0.05, 0.1) is 12.2 Å². The molecule has 138 valence electrons. The summed E-state index contributed by atoms with van der Waals surface area (Å²) in [5, 5.41) is 14.0. The summed E-state index contributed by atoms with van der Waals surface area (Å²) in [6.45, 7) is 8.26. The third-order valence-corrected chi connectivity index (χ3v) is 6.64. The summed E-state index contributed by atoms with van der Waals surface area (Å²) in [7, 11) is 0. The van der Waals surface area contributed by atoms with Crippen LogP contribution in [-0.4, -0.2) is 54.0 Å². The Labute approximate surface area is 151 Å². The van der Waals surface area contributed by atoms with Gasteiger partial charge < -0.3 is 15.2 Å².